The Labute approximate surface area is 179 Å². The van der Waals surface area contributed by atoms with E-state index in [-0.39, 0.29) is 12.1 Å². The number of nitrogens with zero attached hydrogens (tertiary/aromatic N) is 5. The third-order valence-electron chi connectivity index (χ3n) is 4.62. The van der Waals surface area contributed by atoms with Crippen molar-refractivity contribution in [3.05, 3.63) is 81.8 Å². The second kappa shape index (κ2) is 10.1. The molecule has 0 aliphatic rings. The van der Waals surface area contributed by atoms with Crippen LogP contribution in [0.15, 0.2) is 69.6 Å². The van der Waals surface area contributed by atoms with Crippen LogP contribution in [0.25, 0.3) is 0 Å². The maximum absolute atomic E-state index is 12.5. The van der Waals surface area contributed by atoms with Crippen LogP contribution in [0, 0.1) is 11.3 Å². The molecule has 31 heavy (non-hydrogen) atoms. The summed E-state index contributed by atoms with van der Waals surface area (Å²) in [4.78, 5) is 25.0. The lowest BCUT2D eigenvalue weighted by Crippen LogP contribution is -2.33. The van der Waals surface area contributed by atoms with Gasteiger partial charge in [-0.15, -0.1) is 0 Å². The van der Waals surface area contributed by atoms with Gasteiger partial charge in [0.05, 0.1) is 17.1 Å². The number of hydrogen-bond acceptors (Lipinski definition) is 6. The summed E-state index contributed by atoms with van der Waals surface area (Å²) in [6, 6.07) is 18.2. The van der Waals surface area contributed by atoms with E-state index >= 15 is 0 Å². The van der Waals surface area contributed by atoms with Crippen LogP contribution in [0.2, 0.25) is 0 Å². The van der Waals surface area contributed by atoms with Crippen molar-refractivity contribution in [3.8, 4) is 6.07 Å². The van der Waals surface area contributed by atoms with Gasteiger partial charge in [-0.05, 0) is 54.8 Å². The minimum absolute atomic E-state index is 0.0512. The average Bonchev–Trinajstić information content (AvgIpc) is 2.80. The zero-order valence-electron chi connectivity index (χ0n) is 17.4. The van der Waals surface area contributed by atoms with Crippen molar-refractivity contribution in [3.63, 3.8) is 0 Å². The molecule has 0 bridgehead atoms. The van der Waals surface area contributed by atoms with E-state index in [1.165, 1.54) is 0 Å². The molecule has 3 rings (SSSR count). The smallest absolute Gasteiger partial charge is 0.285 e. The fourth-order valence-corrected chi connectivity index (χ4v) is 3.10. The molecule has 156 valence electrons. The van der Waals surface area contributed by atoms with Crippen LogP contribution in [-0.4, -0.2) is 15.7 Å². The number of benzene rings is 2. The second-order valence-electron chi connectivity index (χ2n) is 6.71. The Hall–Kier alpha value is -4.12. The predicted octanol–water partition coefficient (Wildman–Crippen LogP) is 4.29. The Bertz CT molecular complexity index is 1190. The number of carbonyl (C=O) groups excluding carboxylic acids is 1. The maximum atomic E-state index is 12.5. The number of amides is 1. The third-order valence-corrected chi connectivity index (χ3v) is 4.62. The van der Waals surface area contributed by atoms with E-state index in [4.69, 9.17) is 0 Å². The molecule has 0 radical (unpaired) electrons. The largest absolute Gasteiger partial charge is 0.324 e. The average molecular weight is 414 g/mol. The number of aromatic nitrogens is 2. The first-order valence-electron chi connectivity index (χ1n) is 9.95. The molecule has 0 aliphatic heterocycles. The van der Waals surface area contributed by atoms with Gasteiger partial charge in [-0.3, -0.25) is 9.59 Å². The van der Waals surface area contributed by atoms with Crippen LogP contribution in [0.3, 0.4) is 0 Å². The number of nitriles is 1. The Morgan fingerprint density at radius 2 is 1.68 bits per heavy atom. The highest BCUT2D eigenvalue weighted by molar-refractivity contribution is 5.90. The molecule has 0 saturated carbocycles. The van der Waals surface area contributed by atoms with Gasteiger partial charge in [0.25, 0.3) is 5.56 Å². The van der Waals surface area contributed by atoms with E-state index in [1.807, 2.05) is 50.2 Å². The summed E-state index contributed by atoms with van der Waals surface area (Å²) in [6.07, 6.45) is 1.11. The first-order chi connectivity index (χ1) is 15.0. The molecule has 2 aromatic carbocycles. The summed E-state index contributed by atoms with van der Waals surface area (Å²) in [5.74, 6) is -0.413. The lowest BCUT2D eigenvalue weighted by molar-refractivity contribution is -0.117. The highest BCUT2D eigenvalue weighted by Crippen LogP contribution is 2.20. The van der Waals surface area contributed by atoms with Gasteiger partial charge in [0, 0.05) is 5.69 Å². The fourth-order valence-electron chi connectivity index (χ4n) is 3.10. The van der Waals surface area contributed by atoms with Gasteiger partial charge >= 0.3 is 0 Å². The highest BCUT2D eigenvalue weighted by Gasteiger charge is 2.16. The SMILES string of the molecule is CCc1nn(CC(=O)Nc2ccc(N=Nc3ccccc3)cc2)c(=O)c(C#N)c1CC. The van der Waals surface area contributed by atoms with Crippen molar-refractivity contribution in [1.82, 2.24) is 9.78 Å². The highest BCUT2D eigenvalue weighted by atomic mass is 16.2. The molecule has 0 aliphatic carbocycles. The predicted molar refractivity (Wildman–Crippen MR) is 118 cm³/mol. The molecule has 3 aromatic rings. The summed E-state index contributed by atoms with van der Waals surface area (Å²) in [5.41, 5.74) is 2.74. The van der Waals surface area contributed by atoms with Gasteiger partial charge < -0.3 is 5.32 Å². The summed E-state index contributed by atoms with van der Waals surface area (Å²) >= 11 is 0. The number of hydrogen-bond donors (Lipinski definition) is 1. The third kappa shape index (κ3) is 5.28. The van der Waals surface area contributed by atoms with Gasteiger partial charge in [-0.2, -0.15) is 20.6 Å². The quantitative estimate of drug-likeness (QED) is 0.581. The molecule has 0 atom stereocenters. The van der Waals surface area contributed by atoms with Crippen molar-refractivity contribution in [2.24, 2.45) is 10.2 Å². The molecular weight excluding hydrogens is 392 g/mol. The minimum Gasteiger partial charge on any atom is -0.324 e. The van der Waals surface area contributed by atoms with Crippen LogP contribution in [0.1, 0.15) is 30.7 Å². The molecule has 1 amide bonds. The minimum atomic E-state index is -0.552. The van der Waals surface area contributed by atoms with E-state index in [0.29, 0.717) is 35.5 Å². The number of nitrogens with one attached hydrogen (secondary N) is 1. The summed E-state index contributed by atoms with van der Waals surface area (Å²) in [6.45, 7) is 3.49. The summed E-state index contributed by atoms with van der Waals surface area (Å²) in [7, 11) is 0. The van der Waals surface area contributed by atoms with Crippen LogP contribution in [0.4, 0.5) is 17.1 Å². The zero-order valence-corrected chi connectivity index (χ0v) is 17.4. The number of rotatable bonds is 7. The van der Waals surface area contributed by atoms with Crippen LogP contribution in [-0.2, 0) is 24.2 Å². The van der Waals surface area contributed by atoms with Crippen molar-refractivity contribution < 1.29 is 4.79 Å². The zero-order chi connectivity index (χ0) is 22.2. The molecule has 0 fully saturated rings. The monoisotopic (exact) mass is 414 g/mol. The lowest BCUT2D eigenvalue weighted by Gasteiger charge is -2.12. The van der Waals surface area contributed by atoms with E-state index in [9.17, 15) is 14.9 Å². The number of aryl methyl sites for hydroxylation is 1. The van der Waals surface area contributed by atoms with Crippen molar-refractivity contribution in [1.29, 1.82) is 5.26 Å². The van der Waals surface area contributed by atoms with Crippen molar-refractivity contribution in [2.75, 3.05) is 5.32 Å². The van der Waals surface area contributed by atoms with Crippen LogP contribution >= 0.6 is 0 Å². The van der Waals surface area contributed by atoms with Crippen molar-refractivity contribution >= 4 is 23.0 Å². The first kappa shape index (κ1) is 21.6. The van der Waals surface area contributed by atoms with E-state index in [0.717, 1.165) is 10.4 Å². The molecule has 8 heteroatoms. The molecule has 1 N–H and O–H groups in total. The van der Waals surface area contributed by atoms with Crippen molar-refractivity contribution in [2.45, 2.75) is 33.2 Å². The van der Waals surface area contributed by atoms with Gasteiger partial charge in [0.2, 0.25) is 5.91 Å². The van der Waals surface area contributed by atoms with E-state index in [1.54, 1.807) is 24.3 Å². The molecule has 0 unspecified atom stereocenters. The standard InChI is InChI=1S/C23H22N6O2/c1-3-19-20(14-24)23(31)29(28-21(19)4-2)15-22(30)25-16-10-12-18(13-11-16)27-26-17-8-6-5-7-9-17/h5-13H,3-4,15H2,1-2H3,(H,25,30). The van der Waals surface area contributed by atoms with Crippen LogP contribution < -0.4 is 10.9 Å². The molecule has 8 nitrogen and oxygen atoms in total. The topological polar surface area (TPSA) is 112 Å². The molecule has 0 spiro atoms. The van der Waals surface area contributed by atoms with Gasteiger partial charge in [0.15, 0.2) is 0 Å². The second-order valence-corrected chi connectivity index (χ2v) is 6.71. The fraction of sp³-hybridized carbons (Fsp3) is 0.217. The molecule has 0 saturated heterocycles. The normalized spacial score (nSPS) is 10.7. The first-order valence-corrected chi connectivity index (χ1v) is 9.95. The molecule has 1 heterocycles. The Morgan fingerprint density at radius 3 is 2.26 bits per heavy atom. The maximum Gasteiger partial charge on any atom is 0.285 e. The van der Waals surface area contributed by atoms with Gasteiger partial charge in [-0.25, -0.2) is 4.68 Å². The molecular formula is C23H22N6O2. The van der Waals surface area contributed by atoms with E-state index in [2.05, 4.69) is 20.6 Å². The summed E-state index contributed by atoms with van der Waals surface area (Å²) < 4.78 is 1.05. The Kier molecular flexibility index (Phi) is 7.01. The van der Waals surface area contributed by atoms with E-state index < -0.39 is 11.5 Å². The summed E-state index contributed by atoms with van der Waals surface area (Å²) in [5, 5.41) is 24.7. The number of anilines is 1. The van der Waals surface area contributed by atoms with Gasteiger partial charge in [-0.1, -0.05) is 32.0 Å². The molecule has 1 aromatic heterocycles. The number of azo groups is 1. The Balaban J connectivity index is 1.71. The Morgan fingerprint density at radius 1 is 1.03 bits per heavy atom. The van der Waals surface area contributed by atoms with Gasteiger partial charge in [0.1, 0.15) is 18.2 Å². The number of carbonyl (C=O) groups is 1. The van der Waals surface area contributed by atoms with Crippen LogP contribution in [0.5, 0.6) is 0 Å². The lowest BCUT2D eigenvalue weighted by atomic mass is 10.0.